The summed E-state index contributed by atoms with van der Waals surface area (Å²) in [5.41, 5.74) is 1.86. The van der Waals surface area contributed by atoms with Gasteiger partial charge in [-0.15, -0.1) is 0 Å². The molecule has 0 bridgehead atoms. The summed E-state index contributed by atoms with van der Waals surface area (Å²) >= 11 is 0. The first kappa shape index (κ1) is 25.9. The molecule has 206 valence electrons. The van der Waals surface area contributed by atoms with E-state index in [2.05, 4.69) is 20.6 Å². The Kier molecular flexibility index (Phi) is 7.31. The number of imidazole rings is 1. The van der Waals surface area contributed by atoms with Crippen molar-refractivity contribution in [3.63, 3.8) is 0 Å². The van der Waals surface area contributed by atoms with Crippen molar-refractivity contribution in [1.29, 1.82) is 0 Å². The molecule has 9 nitrogen and oxygen atoms in total. The Morgan fingerprint density at radius 2 is 1.79 bits per heavy atom. The van der Waals surface area contributed by atoms with Gasteiger partial charge in [-0.3, -0.25) is 4.79 Å². The van der Waals surface area contributed by atoms with Crippen LogP contribution in [0.2, 0.25) is 0 Å². The maximum absolute atomic E-state index is 13.7. The second-order valence-corrected chi connectivity index (χ2v) is 11.3. The second kappa shape index (κ2) is 11.0. The van der Waals surface area contributed by atoms with Crippen molar-refractivity contribution < 1.29 is 18.7 Å². The van der Waals surface area contributed by atoms with Gasteiger partial charge in [0.1, 0.15) is 5.82 Å². The molecule has 6 rings (SSSR count). The van der Waals surface area contributed by atoms with Gasteiger partial charge < -0.3 is 25.1 Å². The number of benzene rings is 1. The van der Waals surface area contributed by atoms with Crippen LogP contribution in [0.1, 0.15) is 64.0 Å². The molecule has 39 heavy (non-hydrogen) atoms. The quantitative estimate of drug-likeness (QED) is 0.373. The number of hydrogen-bond donors (Lipinski definition) is 3. The molecule has 3 N–H and O–H groups in total. The third-order valence-electron chi connectivity index (χ3n) is 7.82. The van der Waals surface area contributed by atoms with E-state index in [-0.39, 0.29) is 31.0 Å². The van der Waals surface area contributed by atoms with Crippen molar-refractivity contribution in [2.75, 3.05) is 25.1 Å². The number of rotatable bonds is 8. The third kappa shape index (κ3) is 5.96. The molecular weight excluding hydrogens is 499 g/mol. The lowest BCUT2D eigenvalue weighted by molar-refractivity contribution is -0.231. The number of aromatic amines is 1. The minimum atomic E-state index is -0.780. The summed E-state index contributed by atoms with van der Waals surface area (Å²) in [6.45, 7) is 3.14. The van der Waals surface area contributed by atoms with Crippen LogP contribution in [0.5, 0.6) is 0 Å². The number of anilines is 1. The van der Waals surface area contributed by atoms with Crippen LogP contribution >= 0.6 is 0 Å². The summed E-state index contributed by atoms with van der Waals surface area (Å²) in [6, 6.07) is 8.20. The monoisotopic (exact) mass is 534 g/mol. The normalized spacial score (nSPS) is 23.9. The molecule has 3 aliphatic rings. The van der Waals surface area contributed by atoms with E-state index >= 15 is 0 Å². The molecule has 0 unspecified atom stereocenters. The van der Waals surface area contributed by atoms with Crippen LogP contribution in [0, 0.1) is 17.2 Å². The highest BCUT2D eigenvalue weighted by Crippen LogP contribution is 2.36. The van der Waals surface area contributed by atoms with Crippen molar-refractivity contribution >= 4 is 11.9 Å². The first-order valence-corrected chi connectivity index (χ1v) is 13.9. The van der Waals surface area contributed by atoms with Gasteiger partial charge in [0, 0.05) is 24.3 Å². The molecule has 0 spiro atoms. The van der Waals surface area contributed by atoms with Crippen LogP contribution in [0.25, 0.3) is 22.6 Å². The highest BCUT2D eigenvalue weighted by molar-refractivity contribution is 5.83. The zero-order chi connectivity index (χ0) is 26.8. The van der Waals surface area contributed by atoms with E-state index in [0.29, 0.717) is 34.8 Å². The number of hydrogen-bond acceptors (Lipinski definition) is 7. The highest BCUT2D eigenvalue weighted by Gasteiger charge is 2.41. The lowest BCUT2D eigenvalue weighted by Crippen LogP contribution is -2.51. The van der Waals surface area contributed by atoms with Gasteiger partial charge in [-0.1, -0.05) is 19.3 Å². The number of carbonyl (C=O) groups excluding carboxylic acids is 1. The second-order valence-electron chi connectivity index (χ2n) is 11.3. The molecule has 1 aromatic carbocycles. The van der Waals surface area contributed by atoms with Gasteiger partial charge in [-0.25, -0.2) is 19.3 Å². The SMILES string of the molecule is CC1(C(=O)NC2CCCCC2)COC(c2nc(-c3ccc(F)cc3)c(-c3ccnc(NCC4CC4)n3)[nH]2)OC1. The van der Waals surface area contributed by atoms with Crippen molar-refractivity contribution in [3.8, 4) is 22.6 Å². The van der Waals surface area contributed by atoms with Gasteiger partial charge in [0.25, 0.3) is 0 Å². The Bertz CT molecular complexity index is 1290. The Labute approximate surface area is 227 Å². The molecule has 3 aromatic rings. The van der Waals surface area contributed by atoms with E-state index in [0.717, 1.165) is 37.8 Å². The topological polar surface area (TPSA) is 114 Å². The lowest BCUT2D eigenvalue weighted by atomic mass is 9.89. The average Bonchev–Trinajstić information content (AvgIpc) is 3.69. The maximum Gasteiger partial charge on any atom is 0.230 e. The number of aromatic nitrogens is 4. The Hall–Kier alpha value is -3.37. The van der Waals surface area contributed by atoms with Gasteiger partial charge >= 0.3 is 0 Å². The Balaban J connectivity index is 1.22. The first-order chi connectivity index (χ1) is 19.0. The molecule has 0 atom stereocenters. The first-order valence-electron chi connectivity index (χ1n) is 13.9. The minimum Gasteiger partial charge on any atom is -0.354 e. The fourth-order valence-electron chi connectivity index (χ4n) is 5.15. The molecule has 2 aromatic heterocycles. The molecule has 2 aliphatic carbocycles. The van der Waals surface area contributed by atoms with E-state index in [1.807, 2.05) is 13.0 Å². The molecule has 1 amide bonds. The summed E-state index contributed by atoms with van der Waals surface area (Å²) in [5.74, 6) is 1.33. The standard InChI is InChI=1S/C29H35FN6O3/c1-29(27(37)33-21-5-3-2-4-6-21)16-38-26(39-17-29)25-35-23(19-9-11-20(30)12-10-19)24(36-25)22-13-14-31-28(34-22)32-15-18-7-8-18/h9-14,18,21,26H,2-8,15-17H2,1H3,(H,33,37)(H,35,36)(H,31,32,34). The fourth-order valence-corrected chi connectivity index (χ4v) is 5.15. The van der Waals surface area contributed by atoms with E-state index < -0.39 is 11.7 Å². The number of ether oxygens (including phenoxy) is 2. The summed E-state index contributed by atoms with van der Waals surface area (Å²) in [6.07, 6.45) is 8.97. The van der Waals surface area contributed by atoms with E-state index in [1.165, 1.54) is 31.4 Å². The molecule has 0 radical (unpaired) electrons. The molecule has 1 aliphatic heterocycles. The molecule has 1 saturated heterocycles. The molecular formula is C29H35FN6O3. The van der Waals surface area contributed by atoms with Crippen molar-refractivity contribution in [3.05, 3.63) is 48.2 Å². The molecule has 2 saturated carbocycles. The van der Waals surface area contributed by atoms with Crippen LogP contribution in [0.4, 0.5) is 10.3 Å². The highest BCUT2D eigenvalue weighted by atomic mass is 19.1. The van der Waals surface area contributed by atoms with Gasteiger partial charge in [0.05, 0.1) is 35.7 Å². The van der Waals surface area contributed by atoms with Gasteiger partial charge in [-0.05, 0) is 68.9 Å². The minimum absolute atomic E-state index is 0.0350. The van der Waals surface area contributed by atoms with Gasteiger partial charge in [-0.2, -0.15) is 0 Å². The zero-order valence-electron chi connectivity index (χ0n) is 22.2. The van der Waals surface area contributed by atoms with Crippen LogP contribution in [0.3, 0.4) is 0 Å². The van der Waals surface area contributed by atoms with Crippen molar-refractivity contribution in [2.45, 2.75) is 64.2 Å². The average molecular weight is 535 g/mol. The summed E-state index contributed by atoms with van der Waals surface area (Å²) in [7, 11) is 0. The van der Waals surface area contributed by atoms with E-state index in [9.17, 15) is 9.18 Å². The smallest absolute Gasteiger partial charge is 0.230 e. The predicted molar refractivity (Wildman–Crippen MR) is 144 cm³/mol. The van der Waals surface area contributed by atoms with Crippen LogP contribution in [0.15, 0.2) is 36.5 Å². The Morgan fingerprint density at radius 1 is 1.05 bits per heavy atom. The largest absolute Gasteiger partial charge is 0.354 e. The lowest BCUT2D eigenvalue weighted by Gasteiger charge is -2.37. The van der Waals surface area contributed by atoms with Crippen molar-refractivity contribution in [1.82, 2.24) is 25.3 Å². The maximum atomic E-state index is 13.7. The van der Waals surface area contributed by atoms with Crippen LogP contribution in [-0.4, -0.2) is 51.6 Å². The van der Waals surface area contributed by atoms with Gasteiger partial charge in [0.15, 0.2) is 5.82 Å². The number of amides is 1. The Morgan fingerprint density at radius 3 is 2.51 bits per heavy atom. The number of halogens is 1. The number of nitrogens with zero attached hydrogens (tertiary/aromatic N) is 3. The fraction of sp³-hybridized carbons (Fsp3) is 0.517. The molecule has 3 heterocycles. The van der Waals surface area contributed by atoms with E-state index in [1.54, 1.807) is 18.3 Å². The third-order valence-corrected chi connectivity index (χ3v) is 7.82. The number of carbonyl (C=O) groups is 1. The molecule has 10 heteroatoms. The summed E-state index contributed by atoms with van der Waals surface area (Å²) in [4.78, 5) is 30.3. The summed E-state index contributed by atoms with van der Waals surface area (Å²) in [5, 5.41) is 6.51. The van der Waals surface area contributed by atoms with E-state index in [4.69, 9.17) is 19.4 Å². The van der Waals surface area contributed by atoms with Crippen LogP contribution < -0.4 is 10.6 Å². The number of nitrogens with one attached hydrogen (secondary N) is 3. The zero-order valence-corrected chi connectivity index (χ0v) is 22.2. The summed E-state index contributed by atoms with van der Waals surface area (Å²) < 4.78 is 25.8. The van der Waals surface area contributed by atoms with Crippen LogP contribution in [-0.2, 0) is 14.3 Å². The van der Waals surface area contributed by atoms with Gasteiger partial charge in [0.2, 0.25) is 18.1 Å². The number of H-pyrrole nitrogens is 1. The predicted octanol–water partition coefficient (Wildman–Crippen LogP) is 5.00. The van der Waals surface area contributed by atoms with Crippen molar-refractivity contribution in [2.24, 2.45) is 11.3 Å². The molecule has 3 fully saturated rings.